The molecule has 2 aromatic rings. The average molecular weight is 272 g/mol. The molecular formula is C15H20N4O. The average Bonchev–Trinajstić information content (AvgIpc) is 2.99. The molecule has 1 aliphatic rings. The number of benzene rings is 1. The van der Waals surface area contributed by atoms with Gasteiger partial charge in [0.1, 0.15) is 5.75 Å². The number of nitrogens with two attached hydrogens (primary N) is 1. The van der Waals surface area contributed by atoms with E-state index in [1.165, 1.54) is 5.56 Å². The SMILES string of the molecule is Cc1nn(C)c(C)c1C(NN)c1ccc2c(c1)CCO2. The molecule has 5 nitrogen and oxygen atoms in total. The Labute approximate surface area is 118 Å². The van der Waals surface area contributed by atoms with Crippen LogP contribution in [0.1, 0.15) is 34.1 Å². The number of nitrogens with zero attached hydrogens (tertiary/aromatic N) is 2. The summed E-state index contributed by atoms with van der Waals surface area (Å²) in [6.07, 6.45) is 0.964. The third-order valence-electron chi connectivity index (χ3n) is 4.07. The van der Waals surface area contributed by atoms with Crippen LogP contribution < -0.4 is 16.0 Å². The zero-order valence-corrected chi connectivity index (χ0v) is 12.1. The molecule has 1 aliphatic heterocycles. The molecule has 0 aliphatic carbocycles. The molecular weight excluding hydrogens is 252 g/mol. The summed E-state index contributed by atoms with van der Waals surface area (Å²) in [7, 11) is 1.95. The summed E-state index contributed by atoms with van der Waals surface area (Å²) in [6.45, 7) is 4.85. The monoisotopic (exact) mass is 272 g/mol. The molecule has 0 saturated heterocycles. The van der Waals surface area contributed by atoms with E-state index in [9.17, 15) is 0 Å². The maximum Gasteiger partial charge on any atom is 0.122 e. The van der Waals surface area contributed by atoms with Crippen LogP contribution in [0.5, 0.6) is 5.75 Å². The molecule has 1 aromatic carbocycles. The molecule has 1 unspecified atom stereocenters. The summed E-state index contributed by atoms with van der Waals surface area (Å²) in [5, 5.41) is 4.47. The molecule has 106 valence electrons. The molecule has 5 heteroatoms. The van der Waals surface area contributed by atoms with Crippen molar-refractivity contribution >= 4 is 0 Å². The van der Waals surface area contributed by atoms with E-state index in [2.05, 4.69) is 29.6 Å². The number of hydrogen-bond acceptors (Lipinski definition) is 4. The normalized spacial score (nSPS) is 15.0. The summed E-state index contributed by atoms with van der Waals surface area (Å²) in [4.78, 5) is 0. The first-order valence-electron chi connectivity index (χ1n) is 6.83. The highest BCUT2D eigenvalue weighted by Gasteiger charge is 2.22. The summed E-state index contributed by atoms with van der Waals surface area (Å²) >= 11 is 0. The molecule has 0 spiro atoms. The highest BCUT2D eigenvalue weighted by atomic mass is 16.5. The van der Waals surface area contributed by atoms with Gasteiger partial charge in [-0.05, 0) is 31.0 Å². The minimum Gasteiger partial charge on any atom is -0.493 e. The highest BCUT2D eigenvalue weighted by molar-refractivity contribution is 5.44. The smallest absolute Gasteiger partial charge is 0.122 e. The number of hydrogen-bond donors (Lipinski definition) is 2. The van der Waals surface area contributed by atoms with Crippen molar-refractivity contribution in [3.05, 3.63) is 46.3 Å². The van der Waals surface area contributed by atoms with Crippen LogP contribution in [0.2, 0.25) is 0 Å². The number of fused-ring (bicyclic) bond motifs is 1. The van der Waals surface area contributed by atoms with Crippen molar-refractivity contribution in [1.29, 1.82) is 0 Å². The first-order chi connectivity index (χ1) is 9.61. The Bertz CT molecular complexity index is 648. The Balaban J connectivity index is 2.06. The number of rotatable bonds is 3. The second kappa shape index (κ2) is 4.92. The van der Waals surface area contributed by atoms with Gasteiger partial charge in [-0.2, -0.15) is 5.10 Å². The second-order valence-electron chi connectivity index (χ2n) is 5.27. The lowest BCUT2D eigenvalue weighted by atomic mass is 9.95. The molecule has 3 N–H and O–H groups in total. The minimum absolute atomic E-state index is 0.0467. The van der Waals surface area contributed by atoms with Crippen molar-refractivity contribution in [2.45, 2.75) is 26.3 Å². The predicted octanol–water partition coefficient (Wildman–Crippen LogP) is 1.52. The third kappa shape index (κ3) is 1.99. The molecule has 0 bridgehead atoms. The van der Waals surface area contributed by atoms with Crippen LogP contribution >= 0.6 is 0 Å². The van der Waals surface area contributed by atoms with Gasteiger partial charge < -0.3 is 4.74 Å². The Hall–Kier alpha value is -1.85. The number of nitrogens with one attached hydrogen (secondary N) is 1. The van der Waals surface area contributed by atoms with Crippen molar-refractivity contribution in [2.24, 2.45) is 12.9 Å². The second-order valence-corrected chi connectivity index (χ2v) is 5.27. The number of aryl methyl sites for hydroxylation is 2. The highest BCUT2D eigenvalue weighted by Crippen LogP contribution is 2.32. The number of hydrazine groups is 1. The molecule has 1 aromatic heterocycles. The first kappa shape index (κ1) is 13.1. The third-order valence-corrected chi connectivity index (χ3v) is 4.07. The van der Waals surface area contributed by atoms with Crippen LogP contribution in [0.25, 0.3) is 0 Å². The lowest BCUT2D eigenvalue weighted by Gasteiger charge is -2.18. The molecule has 0 amide bonds. The van der Waals surface area contributed by atoms with E-state index in [-0.39, 0.29) is 6.04 Å². The van der Waals surface area contributed by atoms with E-state index in [1.807, 2.05) is 24.7 Å². The van der Waals surface area contributed by atoms with Gasteiger partial charge in [-0.3, -0.25) is 10.5 Å². The molecule has 1 atom stereocenters. The standard InChI is InChI=1S/C15H20N4O/c1-9-14(10(2)19(3)18-9)15(17-16)12-4-5-13-11(8-12)6-7-20-13/h4-5,8,15,17H,6-7,16H2,1-3H3. The van der Waals surface area contributed by atoms with Crippen LogP contribution in [-0.4, -0.2) is 16.4 Å². The maximum absolute atomic E-state index is 5.81. The van der Waals surface area contributed by atoms with Gasteiger partial charge in [0.15, 0.2) is 0 Å². The van der Waals surface area contributed by atoms with Crippen molar-refractivity contribution in [1.82, 2.24) is 15.2 Å². The molecule has 0 saturated carbocycles. The predicted molar refractivity (Wildman–Crippen MR) is 77.5 cm³/mol. The quantitative estimate of drug-likeness (QED) is 0.657. The molecule has 20 heavy (non-hydrogen) atoms. The Morgan fingerprint density at radius 3 is 2.85 bits per heavy atom. The minimum atomic E-state index is -0.0467. The molecule has 0 fully saturated rings. The summed E-state index contributed by atoms with van der Waals surface area (Å²) in [5.74, 6) is 6.80. The van der Waals surface area contributed by atoms with Crippen molar-refractivity contribution in [2.75, 3.05) is 6.61 Å². The maximum atomic E-state index is 5.81. The Kier molecular flexibility index (Phi) is 3.23. The van der Waals surface area contributed by atoms with Crippen LogP contribution in [-0.2, 0) is 13.5 Å². The van der Waals surface area contributed by atoms with Gasteiger partial charge in [-0.15, -0.1) is 0 Å². The molecule has 0 radical (unpaired) electrons. The fourth-order valence-corrected chi connectivity index (χ4v) is 2.94. The van der Waals surface area contributed by atoms with Gasteiger partial charge in [-0.25, -0.2) is 5.43 Å². The number of aromatic nitrogens is 2. The van der Waals surface area contributed by atoms with Crippen molar-refractivity contribution < 1.29 is 4.74 Å². The first-order valence-corrected chi connectivity index (χ1v) is 6.83. The topological polar surface area (TPSA) is 65.1 Å². The van der Waals surface area contributed by atoms with Gasteiger partial charge in [0.05, 0.1) is 18.3 Å². The fourth-order valence-electron chi connectivity index (χ4n) is 2.94. The summed E-state index contributed by atoms with van der Waals surface area (Å²) in [6, 6.07) is 6.23. The van der Waals surface area contributed by atoms with Crippen LogP contribution in [0.15, 0.2) is 18.2 Å². The summed E-state index contributed by atoms with van der Waals surface area (Å²) in [5.41, 5.74) is 8.61. The Morgan fingerprint density at radius 1 is 1.40 bits per heavy atom. The van der Waals surface area contributed by atoms with E-state index in [1.54, 1.807) is 0 Å². The largest absolute Gasteiger partial charge is 0.493 e. The fraction of sp³-hybridized carbons (Fsp3) is 0.400. The zero-order chi connectivity index (χ0) is 14.3. The van der Waals surface area contributed by atoms with Crippen LogP contribution in [0, 0.1) is 13.8 Å². The van der Waals surface area contributed by atoms with Gasteiger partial charge in [-0.1, -0.05) is 12.1 Å². The van der Waals surface area contributed by atoms with Gasteiger partial charge in [0.2, 0.25) is 0 Å². The van der Waals surface area contributed by atoms with Crippen LogP contribution in [0.4, 0.5) is 0 Å². The van der Waals surface area contributed by atoms with E-state index in [0.29, 0.717) is 0 Å². The number of ether oxygens (including phenoxy) is 1. The Morgan fingerprint density at radius 2 is 2.20 bits per heavy atom. The van der Waals surface area contributed by atoms with Crippen LogP contribution in [0.3, 0.4) is 0 Å². The van der Waals surface area contributed by atoms with Gasteiger partial charge >= 0.3 is 0 Å². The van der Waals surface area contributed by atoms with Crippen molar-refractivity contribution in [3.8, 4) is 5.75 Å². The lowest BCUT2D eigenvalue weighted by molar-refractivity contribution is 0.357. The van der Waals surface area contributed by atoms with E-state index < -0.39 is 0 Å². The zero-order valence-electron chi connectivity index (χ0n) is 12.1. The van der Waals surface area contributed by atoms with E-state index >= 15 is 0 Å². The summed E-state index contributed by atoms with van der Waals surface area (Å²) < 4.78 is 7.45. The van der Waals surface area contributed by atoms with Crippen molar-refractivity contribution in [3.63, 3.8) is 0 Å². The van der Waals surface area contributed by atoms with Gasteiger partial charge in [0.25, 0.3) is 0 Å². The molecule has 2 heterocycles. The van der Waals surface area contributed by atoms with Gasteiger partial charge in [0, 0.05) is 24.7 Å². The van der Waals surface area contributed by atoms with E-state index in [4.69, 9.17) is 10.6 Å². The lowest BCUT2D eigenvalue weighted by Crippen LogP contribution is -2.29. The molecule has 3 rings (SSSR count). The van der Waals surface area contributed by atoms with E-state index in [0.717, 1.165) is 41.3 Å².